The number of carbonyl (C=O) groups is 1. The van der Waals surface area contributed by atoms with Crippen molar-refractivity contribution in [2.75, 3.05) is 18.4 Å². The highest BCUT2D eigenvalue weighted by atomic mass is 35.5. The molecule has 1 N–H and O–H groups in total. The van der Waals surface area contributed by atoms with E-state index in [-0.39, 0.29) is 11.8 Å². The van der Waals surface area contributed by atoms with Gasteiger partial charge in [-0.05, 0) is 43.1 Å². The summed E-state index contributed by atoms with van der Waals surface area (Å²) in [5.74, 6) is 0.412. The van der Waals surface area contributed by atoms with Gasteiger partial charge in [0.05, 0.1) is 22.6 Å². The van der Waals surface area contributed by atoms with Crippen molar-refractivity contribution < 1.29 is 4.79 Å². The number of pyridine rings is 1. The minimum absolute atomic E-state index is 0.0203. The summed E-state index contributed by atoms with van der Waals surface area (Å²) in [6, 6.07) is 13.2. The Kier molecular flexibility index (Phi) is 5.64. The first-order chi connectivity index (χ1) is 12.2. The van der Waals surface area contributed by atoms with Crippen LogP contribution in [0.5, 0.6) is 0 Å². The van der Waals surface area contributed by atoms with E-state index in [0.29, 0.717) is 29.5 Å². The molecule has 1 saturated heterocycles. The Morgan fingerprint density at radius 2 is 2.20 bits per heavy atom. The number of piperidine rings is 1. The van der Waals surface area contributed by atoms with E-state index in [1.54, 1.807) is 12.1 Å². The fourth-order valence-electron chi connectivity index (χ4n) is 3.10. The molecule has 0 saturated carbocycles. The number of halogens is 1. The molecule has 128 valence electrons. The van der Waals surface area contributed by atoms with E-state index in [1.807, 2.05) is 24.3 Å². The Bertz CT molecular complexity index is 785. The van der Waals surface area contributed by atoms with Gasteiger partial charge in [-0.25, -0.2) is 4.98 Å². The Balaban J connectivity index is 1.61. The van der Waals surface area contributed by atoms with Gasteiger partial charge in [0.2, 0.25) is 5.91 Å². The topological polar surface area (TPSA) is 69.0 Å². The number of aromatic nitrogens is 1. The second-order valence-electron chi connectivity index (χ2n) is 6.19. The van der Waals surface area contributed by atoms with Crippen LogP contribution in [-0.4, -0.2) is 28.9 Å². The summed E-state index contributed by atoms with van der Waals surface area (Å²) in [4.78, 5) is 18.9. The van der Waals surface area contributed by atoms with Crippen LogP contribution in [0.4, 0.5) is 5.82 Å². The lowest BCUT2D eigenvalue weighted by Crippen LogP contribution is -2.40. The minimum Gasteiger partial charge on any atom is -0.310 e. The third kappa shape index (κ3) is 4.56. The summed E-state index contributed by atoms with van der Waals surface area (Å²) in [7, 11) is 0. The lowest BCUT2D eigenvalue weighted by molar-refractivity contribution is -0.121. The number of nitrogens with zero attached hydrogens (tertiary/aromatic N) is 3. The van der Waals surface area contributed by atoms with Crippen LogP contribution in [0.1, 0.15) is 24.0 Å². The highest BCUT2D eigenvalue weighted by molar-refractivity contribution is 6.30. The van der Waals surface area contributed by atoms with Gasteiger partial charge in [-0.2, -0.15) is 5.26 Å². The molecule has 1 aromatic heterocycles. The van der Waals surface area contributed by atoms with Crippen molar-refractivity contribution in [1.29, 1.82) is 5.26 Å². The van der Waals surface area contributed by atoms with Crippen molar-refractivity contribution in [3.8, 4) is 6.07 Å². The Morgan fingerprint density at radius 3 is 2.96 bits per heavy atom. The molecule has 0 bridgehead atoms. The molecule has 0 spiro atoms. The van der Waals surface area contributed by atoms with E-state index >= 15 is 0 Å². The van der Waals surface area contributed by atoms with Gasteiger partial charge in [-0.15, -0.1) is 0 Å². The number of nitrogens with one attached hydrogen (secondary N) is 1. The van der Waals surface area contributed by atoms with Gasteiger partial charge in [0.1, 0.15) is 5.82 Å². The maximum atomic E-state index is 12.5. The third-order valence-corrected chi connectivity index (χ3v) is 4.61. The van der Waals surface area contributed by atoms with Crippen LogP contribution >= 0.6 is 11.6 Å². The number of likely N-dealkylation sites (tertiary alicyclic amines) is 1. The molecule has 1 aromatic carbocycles. The second kappa shape index (κ2) is 8.11. The van der Waals surface area contributed by atoms with E-state index < -0.39 is 0 Å². The van der Waals surface area contributed by atoms with Gasteiger partial charge in [-0.1, -0.05) is 29.8 Å². The van der Waals surface area contributed by atoms with Crippen LogP contribution in [0.2, 0.25) is 5.02 Å². The fraction of sp³-hybridized carbons (Fsp3) is 0.316. The molecule has 0 radical (unpaired) electrons. The predicted octanol–water partition coefficient (Wildman–Crippen LogP) is 3.46. The molecular weight excluding hydrogens is 336 g/mol. The van der Waals surface area contributed by atoms with Gasteiger partial charge < -0.3 is 5.32 Å². The normalized spacial score (nSPS) is 17.7. The highest BCUT2D eigenvalue weighted by Gasteiger charge is 2.26. The number of nitriles is 1. The molecule has 25 heavy (non-hydrogen) atoms. The van der Waals surface area contributed by atoms with Crippen LogP contribution in [0.3, 0.4) is 0 Å². The minimum atomic E-state index is -0.0829. The lowest BCUT2D eigenvalue weighted by Gasteiger charge is -2.32. The Labute approximate surface area is 152 Å². The maximum Gasteiger partial charge on any atom is 0.229 e. The van der Waals surface area contributed by atoms with Crippen LogP contribution in [0.25, 0.3) is 0 Å². The first kappa shape index (κ1) is 17.4. The molecule has 1 amide bonds. The highest BCUT2D eigenvalue weighted by Crippen LogP contribution is 2.21. The largest absolute Gasteiger partial charge is 0.310 e. The number of anilines is 1. The summed E-state index contributed by atoms with van der Waals surface area (Å²) in [6.45, 7) is 2.30. The average molecular weight is 355 g/mol. The molecule has 1 atom stereocenters. The summed E-state index contributed by atoms with van der Waals surface area (Å²) >= 11 is 5.81. The van der Waals surface area contributed by atoms with Crippen LogP contribution < -0.4 is 5.32 Å². The van der Waals surface area contributed by atoms with Gasteiger partial charge in [0.15, 0.2) is 0 Å². The lowest BCUT2D eigenvalue weighted by atomic mass is 9.96. The summed E-state index contributed by atoms with van der Waals surface area (Å²) in [6.07, 6.45) is 3.33. The smallest absolute Gasteiger partial charge is 0.229 e. The summed E-state index contributed by atoms with van der Waals surface area (Å²) in [5.41, 5.74) is 1.70. The zero-order chi connectivity index (χ0) is 17.6. The molecule has 1 unspecified atom stereocenters. The van der Waals surface area contributed by atoms with Gasteiger partial charge in [-0.3, -0.25) is 9.69 Å². The second-order valence-corrected chi connectivity index (χ2v) is 6.63. The molecule has 2 aromatic rings. The molecule has 1 fully saturated rings. The number of hydrogen-bond donors (Lipinski definition) is 1. The van der Waals surface area contributed by atoms with Gasteiger partial charge in [0.25, 0.3) is 0 Å². The number of carbonyl (C=O) groups excluding carboxylic acids is 1. The number of rotatable bonds is 4. The standard InChI is InChI=1S/C19H19ClN4O/c20-17-7-8-18(22-11-17)23-19(25)16-6-3-9-24(13-16)12-15-5-2-1-4-14(15)10-21/h1-2,4-5,7-8,11,16H,3,6,9,12-13H2,(H,22,23,25). The average Bonchev–Trinajstić information content (AvgIpc) is 2.64. The molecule has 1 aliphatic rings. The fourth-order valence-corrected chi connectivity index (χ4v) is 3.21. The number of hydrogen-bond acceptors (Lipinski definition) is 4. The SMILES string of the molecule is N#Cc1ccccc1CN1CCCC(C(=O)Nc2ccc(Cl)cn2)C1. The van der Waals surface area contributed by atoms with Crippen molar-refractivity contribution in [2.24, 2.45) is 5.92 Å². The Hall–Kier alpha value is -2.42. The van der Waals surface area contributed by atoms with Crippen LogP contribution in [0, 0.1) is 17.2 Å². The van der Waals surface area contributed by atoms with Gasteiger partial charge >= 0.3 is 0 Å². The zero-order valence-corrected chi connectivity index (χ0v) is 14.5. The third-order valence-electron chi connectivity index (χ3n) is 4.39. The first-order valence-corrected chi connectivity index (χ1v) is 8.66. The molecule has 1 aliphatic heterocycles. The van der Waals surface area contributed by atoms with Crippen LogP contribution in [0.15, 0.2) is 42.6 Å². The van der Waals surface area contributed by atoms with Crippen molar-refractivity contribution in [2.45, 2.75) is 19.4 Å². The number of benzene rings is 1. The monoisotopic (exact) mass is 354 g/mol. The van der Waals surface area contributed by atoms with Crippen molar-refractivity contribution >= 4 is 23.3 Å². The molecule has 5 nitrogen and oxygen atoms in total. The summed E-state index contributed by atoms with van der Waals surface area (Å²) < 4.78 is 0. The summed E-state index contributed by atoms with van der Waals surface area (Å²) in [5, 5.41) is 12.6. The van der Waals surface area contributed by atoms with E-state index in [2.05, 4.69) is 21.3 Å². The zero-order valence-electron chi connectivity index (χ0n) is 13.8. The van der Waals surface area contributed by atoms with Crippen molar-refractivity contribution in [3.63, 3.8) is 0 Å². The maximum absolute atomic E-state index is 12.5. The van der Waals surface area contributed by atoms with Crippen LogP contribution in [-0.2, 0) is 11.3 Å². The molecule has 2 heterocycles. The quantitative estimate of drug-likeness (QED) is 0.912. The van der Waals surface area contributed by atoms with E-state index in [0.717, 1.165) is 24.9 Å². The predicted molar refractivity (Wildman–Crippen MR) is 97.0 cm³/mol. The van der Waals surface area contributed by atoms with Crippen molar-refractivity contribution in [1.82, 2.24) is 9.88 Å². The Morgan fingerprint density at radius 1 is 1.36 bits per heavy atom. The number of amides is 1. The van der Waals surface area contributed by atoms with E-state index in [1.165, 1.54) is 6.20 Å². The molecular formula is C19H19ClN4O. The van der Waals surface area contributed by atoms with Gasteiger partial charge in [0, 0.05) is 19.3 Å². The molecule has 6 heteroatoms. The van der Waals surface area contributed by atoms with E-state index in [4.69, 9.17) is 11.6 Å². The molecule has 3 rings (SSSR count). The van der Waals surface area contributed by atoms with Crippen molar-refractivity contribution in [3.05, 3.63) is 58.7 Å². The first-order valence-electron chi connectivity index (χ1n) is 8.28. The molecule has 0 aliphatic carbocycles. The van der Waals surface area contributed by atoms with E-state index in [9.17, 15) is 10.1 Å².